The number of nitrogens with two attached hydrogens (primary N) is 3. The zero-order chi connectivity index (χ0) is 15.6. The van der Waals surface area contributed by atoms with Crippen molar-refractivity contribution in [1.82, 2.24) is 4.90 Å². The van der Waals surface area contributed by atoms with Crippen LogP contribution in [0, 0.1) is 29.4 Å². The van der Waals surface area contributed by atoms with Gasteiger partial charge in [0.2, 0.25) is 0 Å². The summed E-state index contributed by atoms with van der Waals surface area (Å²) in [6.45, 7) is 0.422. The highest BCUT2D eigenvalue weighted by Crippen LogP contribution is 2.22. The molecular weight excluding hydrogens is 274 g/mol. The molecule has 0 aliphatic carbocycles. The molecule has 0 radical (unpaired) electrons. The molecular formula is C15H18F2N4. The highest BCUT2D eigenvalue weighted by Gasteiger charge is 2.24. The fourth-order valence-corrected chi connectivity index (χ4v) is 2.25. The number of nitrogen functional groups attached to an aromatic ring is 1. The Kier molecular flexibility index (Phi) is 4.46. The van der Waals surface area contributed by atoms with Crippen molar-refractivity contribution in [3.63, 3.8) is 0 Å². The van der Waals surface area contributed by atoms with E-state index in [1.54, 1.807) is 11.1 Å². The van der Waals surface area contributed by atoms with Gasteiger partial charge in [-0.05, 0) is 25.1 Å². The van der Waals surface area contributed by atoms with Crippen LogP contribution >= 0.6 is 0 Å². The number of hydrogen-bond acceptors (Lipinski definition) is 4. The Labute approximate surface area is 122 Å². The van der Waals surface area contributed by atoms with Crippen molar-refractivity contribution in [3.8, 4) is 11.8 Å². The largest absolute Gasteiger partial charge is 0.396 e. The molecule has 1 aliphatic rings. The van der Waals surface area contributed by atoms with E-state index in [1.165, 1.54) is 6.07 Å². The minimum Gasteiger partial charge on any atom is -0.396 e. The fourth-order valence-electron chi connectivity index (χ4n) is 2.25. The first-order valence-corrected chi connectivity index (χ1v) is 6.57. The van der Waals surface area contributed by atoms with Gasteiger partial charge in [-0.15, -0.1) is 0 Å². The van der Waals surface area contributed by atoms with Crippen LogP contribution in [0.4, 0.5) is 14.5 Å². The monoisotopic (exact) mass is 292 g/mol. The molecule has 0 amide bonds. The summed E-state index contributed by atoms with van der Waals surface area (Å²) in [4.78, 5) is 1.80. The van der Waals surface area contributed by atoms with Gasteiger partial charge in [0.1, 0.15) is 5.82 Å². The number of hydrogen-bond donors (Lipinski definition) is 3. The molecule has 21 heavy (non-hydrogen) atoms. The SMILES string of the molecule is CN1C=C(C#Cc2c(F)ccc(N)c2F)CC(CN)C1N. The zero-order valence-corrected chi connectivity index (χ0v) is 11.7. The van der Waals surface area contributed by atoms with Gasteiger partial charge >= 0.3 is 0 Å². The van der Waals surface area contributed by atoms with Crippen LogP contribution in [0.5, 0.6) is 0 Å². The summed E-state index contributed by atoms with van der Waals surface area (Å²) in [5.41, 5.74) is 17.4. The minimum absolute atomic E-state index is 0.0554. The fraction of sp³-hybridized carbons (Fsp3) is 0.333. The van der Waals surface area contributed by atoms with Crippen LogP contribution in [0.1, 0.15) is 12.0 Å². The third kappa shape index (κ3) is 3.15. The Balaban J connectivity index is 2.32. The van der Waals surface area contributed by atoms with Gasteiger partial charge in [0.05, 0.1) is 17.4 Å². The van der Waals surface area contributed by atoms with E-state index < -0.39 is 11.6 Å². The second-order valence-electron chi connectivity index (χ2n) is 5.09. The molecule has 0 bridgehead atoms. The van der Waals surface area contributed by atoms with Crippen LogP contribution in [-0.2, 0) is 0 Å². The van der Waals surface area contributed by atoms with Crippen LogP contribution in [0.2, 0.25) is 0 Å². The molecule has 4 nitrogen and oxygen atoms in total. The summed E-state index contributed by atoms with van der Waals surface area (Å²) in [6.07, 6.45) is 2.17. The van der Waals surface area contributed by atoms with Gasteiger partial charge in [-0.3, -0.25) is 0 Å². The van der Waals surface area contributed by atoms with Crippen molar-refractivity contribution in [2.24, 2.45) is 17.4 Å². The maximum atomic E-state index is 13.8. The van der Waals surface area contributed by atoms with E-state index in [0.717, 1.165) is 11.6 Å². The van der Waals surface area contributed by atoms with Gasteiger partial charge in [0.25, 0.3) is 0 Å². The molecule has 1 aliphatic heterocycles. The van der Waals surface area contributed by atoms with E-state index in [2.05, 4.69) is 11.8 Å². The average Bonchev–Trinajstić information content (AvgIpc) is 2.46. The third-order valence-corrected chi connectivity index (χ3v) is 3.57. The Morgan fingerprint density at radius 1 is 1.33 bits per heavy atom. The first kappa shape index (κ1) is 15.3. The molecule has 2 rings (SSSR count). The molecule has 0 aromatic heterocycles. The quantitative estimate of drug-likeness (QED) is 0.532. The minimum atomic E-state index is -0.834. The van der Waals surface area contributed by atoms with Crippen molar-refractivity contribution >= 4 is 5.69 Å². The number of anilines is 1. The van der Waals surface area contributed by atoms with Gasteiger partial charge in [0.15, 0.2) is 5.82 Å². The van der Waals surface area contributed by atoms with Crippen LogP contribution in [-0.4, -0.2) is 24.7 Å². The Morgan fingerprint density at radius 3 is 2.71 bits per heavy atom. The van der Waals surface area contributed by atoms with Crippen LogP contribution < -0.4 is 17.2 Å². The van der Waals surface area contributed by atoms with E-state index in [9.17, 15) is 8.78 Å². The van der Waals surface area contributed by atoms with Gasteiger partial charge in [-0.2, -0.15) is 0 Å². The standard InChI is InChI=1S/C15H18F2N4/c1-21-8-9(6-10(7-18)15(21)20)2-3-11-12(16)4-5-13(19)14(11)17/h4-5,8,10,15H,6-7,18-20H2,1H3. The first-order valence-electron chi connectivity index (χ1n) is 6.57. The third-order valence-electron chi connectivity index (χ3n) is 3.57. The average molecular weight is 292 g/mol. The molecule has 2 unspecified atom stereocenters. The van der Waals surface area contributed by atoms with Crippen molar-refractivity contribution in [2.75, 3.05) is 19.3 Å². The highest BCUT2D eigenvalue weighted by atomic mass is 19.1. The zero-order valence-electron chi connectivity index (χ0n) is 11.7. The lowest BCUT2D eigenvalue weighted by molar-refractivity contribution is 0.223. The molecule has 0 fully saturated rings. The predicted octanol–water partition coefficient (Wildman–Crippen LogP) is 0.978. The number of halogens is 2. The molecule has 2 atom stereocenters. The summed E-state index contributed by atoms with van der Waals surface area (Å²) in [5.74, 6) is 3.79. The lowest BCUT2D eigenvalue weighted by Gasteiger charge is -2.34. The topological polar surface area (TPSA) is 81.3 Å². The van der Waals surface area contributed by atoms with E-state index >= 15 is 0 Å². The van der Waals surface area contributed by atoms with E-state index in [4.69, 9.17) is 17.2 Å². The second-order valence-corrected chi connectivity index (χ2v) is 5.09. The van der Waals surface area contributed by atoms with Crippen molar-refractivity contribution < 1.29 is 8.78 Å². The number of nitrogens with zero attached hydrogens (tertiary/aromatic N) is 1. The summed E-state index contributed by atoms with van der Waals surface area (Å²) < 4.78 is 27.4. The van der Waals surface area contributed by atoms with Crippen LogP contribution in [0.15, 0.2) is 23.9 Å². The molecule has 1 aromatic rings. The Bertz CT molecular complexity index is 631. The second kappa shape index (κ2) is 6.12. The van der Waals surface area contributed by atoms with Gasteiger partial charge in [-0.25, -0.2) is 8.78 Å². The van der Waals surface area contributed by atoms with E-state index in [0.29, 0.717) is 13.0 Å². The van der Waals surface area contributed by atoms with Gasteiger partial charge in [-0.1, -0.05) is 11.8 Å². The normalized spacial score (nSPS) is 21.6. The smallest absolute Gasteiger partial charge is 0.164 e. The molecule has 1 heterocycles. The van der Waals surface area contributed by atoms with Gasteiger partial charge in [0, 0.05) is 24.7 Å². The molecule has 0 spiro atoms. The molecule has 6 heteroatoms. The summed E-state index contributed by atoms with van der Waals surface area (Å²) >= 11 is 0. The molecule has 1 aromatic carbocycles. The van der Waals surface area contributed by atoms with Crippen LogP contribution in [0.25, 0.3) is 0 Å². The molecule has 112 valence electrons. The number of rotatable bonds is 1. The number of benzene rings is 1. The summed E-state index contributed by atoms with van der Waals surface area (Å²) in [5, 5.41) is 0. The number of allylic oxidation sites excluding steroid dienone is 1. The van der Waals surface area contributed by atoms with Crippen molar-refractivity contribution in [2.45, 2.75) is 12.6 Å². The highest BCUT2D eigenvalue weighted by molar-refractivity contribution is 5.51. The Hall–Kier alpha value is -2.10. The Morgan fingerprint density at radius 2 is 2.05 bits per heavy atom. The maximum absolute atomic E-state index is 13.8. The lowest BCUT2D eigenvalue weighted by atomic mass is 9.93. The first-order chi connectivity index (χ1) is 9.93. The molecule has 6 N–H and O–H groups in total. The predicted molar refractivity (Wildman–Crippen MR) is 78.6 cm³/mol. The summed E-state index contributed by atoms with van der Waals surface area (Å²) in [7, 11) is 1.82. The molecule has 0 saturated heterocycles. The molecule has 0 saturated carbocycles. The maximum Gasteiger partial charge on any atom is 0.164 e. The summed E-state index contributed by atoms with van der Waals surface area (Å²) in [6, 6.07) is 2.27. The van der Waals surface area contributed by atoms with Gasteiger partial charge < -0.3 is 22.1 Å². The van der Waals surface area contributed by atoms with Crippen molar-refractivity contribution in [1.29, 1.82) is 0 Å². The van der Waals surface area contributed by atoms with Crippen LogP contribution in [0.3, 0.4) is 0 Å². The van der Waals surface area contributed by atoms with Crippen molar-refractivity contribution in [3.05, 3.63) is 41.1 Å². The van der Waals surface area contributed by atoms with E-state index in [1.807, 2.05) is 7.05 Å². The van der Waals surface area contributed by atoms with E-state index in [-0.39, 0.29) is 23.3 Å². The lowest BCUT2D eigenvalue weighted by Crippen LogP contribution is -2.47.